The van der Waals surface area contributed by atoms with Gasteiger partial charge in [-0.1, -0.05) is 20.8 Å². The fourth-order valence-corrected chi connectivity index (χ4v) is 4.49. The van der Waals surface area contributed by atoms with Gasteiger partial charge in [-0.15, -0.1) is 0 Å². The monoisotopic (exact) mass is 489 g/mol. The summed E-state index contributed by atoms with van der Waals surface area (Å²) in [4.78, 5) is 17.3. The molecule has 1 amide bonds. The molecule has 0 radical (unpaired) electrons. The molecule has 1 aromatic rings. The molecule has 0 spiro atoms. The number of hydrogen-bond donors (Lipinski definition) is 1. The Kier molecular flexibility index (Phi) is 8.66. The second-order valence-electron chi connectivity index (χ2n) is 8.48. The first-order valence-corrected chi connectivity index (χ1v) is 12.1. The molecule has 7 nitrogen and oxygen atoms in total. The maximum Gasteiger partial charge on any atom is 0.255 e. The number of hydrogen-bond acceptors (Lipinski definition) is 5. The summed E-state index contributed by atoms with van der Waals surface area (Å²) < 4.78 is 32.8. The van der Waals surface area contributed by atoms with Crippen LogP contribution in [0.4, 0.5) is 0 Å². The molecule has 1 aliphatic heterocycles. The van der Waals surface area contributed by atoms with Gasteiger partial charge >= 0.3 is 0 Å². The molecule has 1 N–H and O–H groups in total. The van der Waals surface area contributed by atoms with Crippen LogP contribution in [-0.2, 0) is 14.8 Å². The van der Waals surface area contributed by atoms with Crippen molar-refractivity contribution < 1.29 is 17.9 Å². The third kappa shape index (κ3) is 7.32. The predicted molar refractivity (Wildman–Crippen MR) is 118 cm³/mol. The fourth-order valence-electron chi connectivity index (χ4n) is 3.04. The molecule has 0 unspecified atom stereocenters. The van der Waals surface area contributed by atoms with E-state index in [-0.39, 0.29) is 24.0 Å². The topological polar surface area (TPSA) is 78.9 Å². The molecule has 1 fully saturated rings. The average molecular weight is 490 g/mol. The van der Waals surface area contributed by atoms with Crippen LogP contribution in [0, 0.1) is 5.41 Å². The van der Waals surface area contributed by atoms with Crippen LogP contribution < -0.4 is 4.72 Å². The van der Waals surface area contributed by atoms with E-state index in [2.05, 4.69) is 46.3 Å². The molecular formula is C20H32BrN3O4S. The van der Waals surface area contributed by atoms with Gasteiger partial charge in [0.2, 0.25) is 10.0 Å². The average Bonchev–Trinajstić information content (AvgIpc) is 2.66. The number of carbonyl (C=O) groups excluding carboxylic acids is 1. The molecule has 0 saturated carbocycles. The molecule has 0 atom stereocenters. The molecule has 0 aromatic heterocycles. The number of benzene rings is 1. The van der Waals surface area contributed by atoms with Gasteiger partial charge in [-0.3, -0.25) is 9.69 Å². The summed E-state index contributed by atoms with van der Waals surface area (Å²) in [5.41, 5.74) is 0.656. The summed E-state index contributed by atoms with van der Waals surface area (Å²) in [6.45, 7) is 11.1. The lowest BCUT2D eigenvalue weighted by atomic mass is 9.92. The van der Waals surface area contributed by atoms with Crippen LogP contribution in [0.15, 0.2) is 27.6 Å². The van der Waals surface area contributed by atoms with E-state index in [4.69, 9.17) is 4.74 Å². The number of amides is 1. The number of rotatable bonds is 8. The van der Waals surface area contributed by atoms with E-state index in [1.807, 2.05) is 0 Å². The molecule has 1 aliphatic rings. The number of ether oxygens (including phenoxy) is 1. The highest BCUT2D eigenvalue weighted by molar-refractivity contribution is 9.10. The number of piperazine rings is 1. The van der Waals surface area contributed by atoms with Crippen molar-refractivity contribution in [3.8, 4) is 0 Å². The number of nitrogens with one attached hydrogen (secondary N) is 1. The summed E-state index contributed by atoms with van der Waals surface area (Å²) in [6, 6.07) is 4.53. The first kappa shape index (κ1) is 24.3. The highest BCUT2D eigenvalue weighted by atomic mass is 79.9. The number of nitrogens with zero attached hydrogens (tertiary/aromatic N) is 2. The zero-order valence-corrected chi connectivity index (χ0v) is 20.1. The maximum atomic E-state index is 13.0. The second kappa shape index (κ2) is 10.3. The van der Waals surface area contributed by atoms with Crippen molar-refractivity contribution in [2.24, 2.45) is 5.41 Å². The Hall–Kier alpha value is -1.00. The minimum Gasteiger partial charge on any atom is -0.383 e. The van der Waals surface area contributed by atoms with Gasteiger partial charge in [0.15, 0.2) is 0 Å². The predicted octanol–water partition coefficient (Wildman–Crippen LogP) is 2.57. The van der Waals surface area contributed by atoms with Crippen LogP contribution in [0.2, 0.25) is 0 Å². The Labute approximate surface area is 183 Å². The SMILES string of the molecule is COCCNS(=O)(=O)c1ccc(Br)c(C(=O)N2CCN(CCC(C)(C)C)CC2)c1. The lowest BCUT2D eigenvalue weighted by Gasteiger charge is -2.36. The first-order valence-electron chi connectivity index (χ1n) is 9.83. The van der Waals surface area contributed by atoms with Gasteiger partial charge in [0.1, 0.15) is 0 Å². The maximum absolute atomic E-state index is 13.0. The highest BCUT2D eigenvalue weighted by Gasteiger charge is 2.26. The number of carbonyl (C=O) groups is 1. The zero-order valence-electron chi connectivity index (χ0n) is 17.7. The van der Waals surface area contributed by atoms with Crippen LogP contribution in [0.3, 0.4) is 0 Å². The van der Waals surface area contributed by atoms with Crippen molar-refractivity contribution in [2.75, 3.05) is 53.0 Å². The van der Waals surface area contributed by atoms with Crippen molar-refractivity contribution >= 4 is 31.9 Å². The third-order valence-corrected chi connectivity index (χ3v) is 7.06. The molecule has 1 aromatic carbocycles. The second-order valence-corrected chi connectivity index (χ2v) is 11.1. The van der Waals surface area contributed by atoms with Crippen molar-refractivity contribution in [3.63, 3.8) is 0 Å². The van der Waals surface area contributed by atoms with Crippen molar-refractivity contribution in [3.05, 3.63) is 28.2 Å². The molecular weight excluding hydrogens is 458 g/mol. The van der Waals surface area contributed by atoms with Crippen molar-refractivity contribution in [2.45, 2.75) is 32.1 Å². The van der Waals surface area contributed by atoms with Gasteiger partial charge in [-0.2, -0.15) is 0 Å². The Morgan fingerprint density at radius 1 is 1.21 bits per heavy atom. The highest BCUT2D eigenvalue weighted by Crippen LogP contribution is 2.24. The number of methoxy groups -OCH3 is 1. The van der Waals surface area contributed by atoms with Crippen LogP contribution in [0.1, 0.15) is 37.6 Å². The van der Waals surface area contributed by atoms with E-state index in [0.717, 1.165) is 26.1 Å². The Morgan fingerprint density at radius 2 is 1.86 bits per heavy atom. The smallest absolute Gasteiger partial charge is 0.255 e. The van der Waals surface area contributed by atoms with E-state index >= 15 is 0 Å². The summed E-state index contributed by atoms with van der Waals surface area (Å²) in [7, 11) is -2.19. The van der Waals surface area contributed by atoms with Gasteiger partial charge in [0.05, 0.1) is 17.1 Å². The quantitative estimate of drug-likeness (QED) is 0.567. The number of halogens is 1. The molecule has 0 aliphatic carbocycles. The fraction of sp³-hybridized carbons (Fsp3) is 0.650. The largest absolute Gasteiger partial charge is 0.383 e. The van der Waals surface area contributed by atoms with Gasteiger partial charge in [0.25, 0.3) is 5.91 Å². The normalized spacial score (nSPS) is 16.2. The van der Waals surface area contributed by atoms with Gasteiger partial charge in [0, 0.05) is 44.3 Å². The zero-order chi connectivity index (χ0) is 21.7. The van der Waals surface area contributed by atoms with Gasteiger partial charge < -0.3 is 9.64 Å². The van der Waals surface area contributed by atoms with Crippen LogP contribution in [0.25, 0.3) is 0 Å². The number of sulfonamides is 1. The van der Waals surface area contributed by atoms with E-state index in [0.29, 0.717) is 28.5 Å². The molecule has 9 heteroatoms. The van der Waals surface area contributed by atoms with E-state index in [1.54, 1.807) is 11.0 Å². The minimum absolute atomic E-state index is 0.0731. The Bertz CT molecular complexity index is 800. The first-order chi connectivity index (χ1) is 13.5. The summed E-state index contributed by atoms with van der Waals surface area (Å²) in [5, 5.41) is 0. The molecule has 164 valence electrons. The lowest BCUT2D eigenvalue weighted by molar-refractivity contribution is 0.0622. The van der Waals surface area contributed by atoms with Crippen LogP contribution >= 0.6 is 15.9 Å². The minimum atomic E-state index is -3.70. The Morgan fingerprint density at radius 3 is 2.45 bits per heavy atom. The summed E-state index contributed by atoms with van der Waals surface area (Å²) in [5.74, 6) is -0.152. The molecule has 1 saturated heterocycles. The standard InChI is InChI=1S/C20H32BrN3O4S/c1-20(2,3)7-9-23-10-12-24(13-11-23)19(25)17-15-16(5-6-18(17)21)29(26,27)22-8-14-28-4/h5-6,15,22H,7-14H2,1-4H3. The molecule has 29 heavy (non-hydrogen) atoms. The van der Waals surface area contributed by atoms with E-state index in [9.17, 15) is 13.2 Å². The Balaban J connectivity index is 2.04. The molecule has 1 heterocycles. The molecule has 2 rings (SSSR count). The van der Waals surface area contributed by atoms with Crippen molar-refractivity contribution in [1.82, 2.24) is 14.5 Å². The summed E-state index contributed by atoms with van der Waals surface area (Å²) in [6.07, 6.45) is 1.11. The van der Waals surface area contributed by atoms with Gasteiger partial charge in [-0.25, -0.2) is 13.1 Å². The van der Waals surface area contributed by atoms with E-state index in [1.165, 1.54) is 19.2 Å². The lowest BCUT2D eigenvalue weighted by Crippen LogP contribution is -2.49. The summed E-state index contributed by atoms with van der Waals surface area (Å²) >= 11 is 3.39. The van der Waals surface area contributed by atoms with Crippen LogP contribution in [-0.4, -0.2) is 77.1 Å². The van der Waals surface area contributed by atoms with Crippen molar-refractivity contribution in [1.29, 1.82) is 0 Å². The van der Waals surface area contributed by atoms with Gasteiger partial charge in [-0.05, 0) is 52.5 Å². The molecule has 0 bridgehead atoms. The van der Waals surface area contributed by atoms with E-state index < -0.39 is 10.0 Å². The van der Waals surface area contributed by atoms with Crippen LogP contribution in [0.5, 0.6) is 0 Å². The third-order valence-electron chi connectivity index (χ3n) is 4.91.